The van der Waals surface area contributed by atoms with Gasteiger partial charge in [0.15, 0.2) is 11.5 Å². The first-order valence-electron chi connectivity index (χ1n) is 8.50. The SMILES string of the molecule is COc1c[c]c(-c2cc(-c3ccco3)ccc2-n2cncn2)c(OC)c1OC. The van der Waals surface area contributed by atoms with E-state index in [1.165, 1.54) is 6.33 Å². The van der Waals surface area contributed by atoms with E-state index in [0.29, 0.717) is 22.8 Å². The zero-order valence-corrected chi connectivity index (χ0v) is 15.7. The third-order valence-electron chi connectivity index (χ3n) is 4.37. The Kier molecular flexibility index (Phi) is 4.72. The zero-order valence-electron chi connectivity index (χ0n) is 15.7. The number of hydrogen-bond acceptors (Lipinski definition) is 6. The second-order valence-electron chi connectivity index (χ2n) is 5.85. The molecule has 2 heterocycles. The average molecular weight is 376 g/mol. The van der Waals surface area contributed by atoms with Crippen LogP contribution in [0, 0.1) is 6.07 Å². The summed E-state index contributed by atoms with van der Waals surface area (Å²) >= 11 is 0. The van der Waals surface area contributed by atoms with E-state index in [1.807, 2.05) is 30.3 Å². The molecule has 2 aromatic carbocycles. The Labute approximate surface area is 162 Å². The van der Waals surface area contributed by atoms with Crippen LogP contribution >= 0.6 is 0 Å². The van der Waals surface area contributed by atoms with E-state index in [1.54, 1.807) is 44.7 Å². The third kappa shape index (κ3) is 2.96. The van der Waals surface area contributed by atoms with Crippen molar-refractivity contribution in [2.75, 3.05) is 21.3 Å². The molecule has 0 saturated heterocycles. The molecule has 0 unspecified atom stereocenters. The van der Waals surface area contributed by atoms with Crippen molar-refractivity contribution in [2.45, 2.75) is 0 Å². The fraction of sp³-hybridized carbons (Fsp3) is 0.143. The first-order valence-corrected chi connectivity index (χ1v) is 8.50. The predicted octanol–water partition coefficient (Wildman–Crippen LogP) is 4.02. The van der Waals surface area contributed by atoms with Crippen molar-refractivity contribution in [1.82, 2.24) is 14.8 Å². The summed E-state index contributed by atoms with van der Waals surface area (Å²) < 4.78 is 23.8. The number of hydrogen-bond donors (Lipinski definition) is 0. The number of furan rings is 1. The molecule has 4 aromatic rings. The molecule has 0 aliphatic carbocycles. The van der Waals surface area contributed by atoms with Crippen LogP contribution in [0.3, 0.4) is 0 Å². The minimum absolute atomic E-state index is 0.492. The number of rotatable bonds is 6. The van der Waals surface area contributed by atoms with Gasteiger partial charge in [-0.3, -0.25) is 0 Å². The first-order chi connectivity index (χ1) is 13.8. The number of methoxy groups -OCH3 is 3. The van der Waals surface area contributed by atoms with Crippen molar-refractivity contribution >= 4 is 0 Å². The normalized spacial score (nSPS) is 10.7. The minimum Gasteiger partial charge on any atom is -0.493 e. The van der Waals surface area contributed by atoms with E-state index in [0.717, 1.165) is 22.6 Å². The van der Waals surface area contributed by atoms with E-state index in [9.17, 15) is 0 Å². The molecular formula is C21H18N3O4. The van der Waals surface area contributed by atoms with Crippen LogP contribution < -0.4 is 14.2 Å². The molecule has 0 fully saturated rings. The Balaban J connectivity index is 1.99. The molecule has 28 heavy (non-hydrogen) atoms. The van der Waals surface area contributed by atoms with E-state index >= 15 is 0 Å². The van der Waals surface area contributed by atoms with E-state index in [2.05, 4.69) is 16.1 Å². The summed E-state index contributed by atoms with van der Waals surface area (Å²) in [7, 11) is 4.73. The van der Waals surface area contributed by atoms with Gasteiger partial charge in [0.1, 0.15) is 18.4 Å². The number of aromatic nitrogens is 3. The highest BCUT2D eigenvalue weighted by molar-refractivity contribution is 5.84. The van der Waals surface area contributed by atoms with Crippen molar-refractivity contribution in [2.24, 2.45) is 0 Å². The molecule has 0 aliphatic rings. The fourth-order valence-corrected chi connectivity index (χ4v) is 3.10. The molecular weight excluding hydrogens is 358 g/mol. The maximum atomic E-state index is 5.66. The summed E-state index contributed by atoms with van der Waals surface area (Å²) in [6.45, 7) is 0. The summed E-state index contributed by atoms with van der Waals surface area (Å²) in [6, 6.07) is 14.6. The van der Waals surface area contributed by atoms with E-state index in [-0.39, 0.29) is 0 Å². The van der Waals surface area contributed by atoms with Crippen LogP contribution in [-0.2, 0) is 0 Å². The van der Waals surface area contributed by atoms with Crippen molar-refractivity contribution in [1.29, 1.82) is 0 Å². The molecule has 0 N–H and O–H groups in total. The summed E-state index contributed by atoms with van der Waals surface area (Å²) in [5.74, 6) is 2.30. The Morgan fingerprint density at radius 1 is 1.04 bits per heavy atom. The highest BCUT2D eigenvalue weighted by atomic mass is 16.5. The third-order valence-corrected chi connectivity index (χ3v) is 4.37. The second kappa shape index (κ2) is 7.48. The molecule has 4 rings (SSSR count). The van der Waals surface area contributed by atoms with Crippen LogP contribution in [-0.4, -0.2) is 36.1 Å². The monoisotopic (exact) mass is 376 g/mol. The van der Waals surface area contributed by atoms with Crippen LogP contribution in [0.25, 0.3) is 28.1 Å². The topological polar surface area (TPSA) is 71.5 Å². The van der Waals surface area contributed by atoms with Gasteiger partial charge in [-0.05, 0) is 42.5 Å². The van der Waals surface area contributed by atoms with Gasteiger partial charge in [0.05, 0.1) is 33.3 Å². The van der Waals surface area contributed by atoms with E-state index in [4.69, 9.17) is 18.6 Å². The fourth-order valence-electron chi connectivity index (χ4n) is 3.10. The number of ether oxygens (including phenoxy) is 3. The highest BCUT2D eigenvalue weighted by Gasteiger charge is 2.21. The van der Waals surface area contributed by atoms with Gasteiger partial charge in [-0.25, -0.2) is 9.67 Å². The molecule has 0 bridgehead atoms. The maximum absolute atomic E-state index is 5.66. The lowest BCUT2D eigenvalue weighted by Gasteiger charge is -2.18. The second-order valence-corrected chi connectivity index (χ2v) is 5.85. The predicted molar refractivity (Wildman–Crippen MR) is 103 cm³/mol. The molecule has 0 atom stereocenters. The molecule has 141 valence electrons. The van der Waals surface area contributed by atoms with Gasteiger partial charge in [0.25, 0.3) is 0 Å². The van der Waals surface area contributed by atoms with E-state index < -0.39 is 0 Å². The van der Waals surface area contributed by atoms with Crippen molar-refractivity contribution in [3.8, 4) is 45.4 Å². The summed E-state index contributed by atoms with van der Waals surface area (Å²) in [6.07, 6.45) is 4.77. The number of benzene rings is 2. The van der Waals surface area contributed by atoms with Crippen LogP contribution in [0.2, 0.25) is 0 Å². The summed E-state index contributed by atoms with van der Waals surface area (Å²) in [4.78, 5) is 4.06. The molecule has 7 heteroatoms. The molecule has 0 aliphatic heterocycles. The first kappa shape index (κ1) is 17.7. The van der Waals surface area contributed by atoms with Gasteiger partial charge >= 0.3 is 0 Å². The van der Waals surface area contributed by atoms with Crippen molar-refractivity contribution in [3.05, 3.63) is 61.4 Å². The Morgan fingerprint density at radius 3 is 2.54 bits per heavy atom. The average Bonchev–Trinajstić information content (AvgIpc) is 3.46. The zero-order chi connectivity index (χ0) is 19.5. The minimum atomic E-state index is 0.492. The summed E-state index contributed by atoms with van der Waals surface area (Å²) in [5.41, 5.74) is 3.26. The van der Waals surface area contributed by atoms with Gasteiger partial charge < -0.3 is 18.6 Å². The smallest absolute Gasteiger partial charge is 0.203 e. The van der Waals surface area contributed by atoms with Gasteiger partial charge in [-0.15, -0.1) is 0 Å². The molecule has 0 saturated carbocycles. The molecule has 7 nitrogen and oxygen atoms in total. The summed E-state index contributed by atoms with van der Waals surface area (Å²) in [5, 5.41) is 4.27. The molecule has 1 radical (unpaired) electrons. The Hall–Kier alpha value is -3.74. The number of nitrogens with zero attached hydrogens (tertiary/aromatic N) is 3. The van der Waals surface area contributed by atoms with Crippen LogP contribution in [0.4, 0.5) is 0 Å². The standard InChI is InChI=1S/C21H18N3O4/c1-25-19-9-7-15(20(26-2)21(19)27-3)16-11-14(18-5-4-10-28-18)6-8-17(16)24-13-22-12-23-24/h4-6,8-13H,1-3H3. The molecule has 2 aromatic heterocycles. The largest absolute Gasteiger partial charge is 0.493 e. The Bertz CT molecular complexity index is 1070. The lowest BCUT2D eigenvalue weighted by Crippen LogP contribution is -2.01. The lowest BCUT2D eigenvalue weighted by molar-refractivity contribution is 0.325. The Morgan fingerprint density at radius 2 is 1.89 bits per heavy atom. The molecule has 0 spiro atoms. The van der Waals surface area contributed by atoms with Gasteiger partial charge in [0, 0.05) is 16.7 Å². The van der Waals surface area contributed by atoms with Crippen molar-refractivity contribution < 1.29 is 18.6 Å². The lowest BCUT2D eigenvalue weighted by atomic mass is 9.98. The van der Waals surface area contributed by atoms with Crippen LogP contribution in [0.15, 0.2) is 59.7 Å². The quantitative estimate of drug-likeness (QED) is 0.506. The van der Waals surface area contributed by atoms with Gasteiger partial charge in [-0.2, -0.15) is 5.10 Å². The van der Waals surface area contributed by atoms with Crippen molar-refractivity contribution in [3.63, 3.8) is 0 Å². The van der Waals surface area contributed by atoms with Gasteiger partial charge in [-0.1, -0.05) is 0 Å². The van der Waals surface area contributed by atoms with Gasteiger partial charge in [0.2, 0.25) is 5.75 Å². The highest BCUT2D eigenvalue weighted by Crippen LogP contribution is 2.46. The maximum Gasteiger partial charge on any atom is 0.203 e. The van der Waals surface area contributed by atoms with Crippen LogP contribution in [0.1, 0.15) is 0 Å². The van der Waals surface area contributed by atoms with Crippen LogP contribution in [0.5, 0.6) is 17.2 Å². The molecule has 0 amide bonds.